The molecule has 1 aliphatic rings. The Morgan fingerprint density at radius 1 is 1.03 bits per heavy atom. The summed E-state index contributed by atoms with van der Waals surface area (Å²) in [5, 5.41) is 0.604. The van der Waals surface area contributed by atoms with E-state index >= 15 is 0 Å². The summed E-state index contributed by atoms with van der Waals surface area (Å²) in [6.07, 6.45) is 0. The third-order valence-corrected chi connectivity index (χ3v) is 6.62. The fraction of sp³-hybridized carbons (Fsp3) is 0.478. The van der Waals surface area contributed by atoms with Gasteiger partial charge in [0.25, 0.3) is 5.56 Å². The zero-order valence-corrected chi connectivity index (χ0v) is 20.2. The third kappa shape index (κ3) is 4.35. The molecule has 3 aromatic rings. The Hall–Kier alpha value is -2.91. The molecule has 0 saturated carbocycles. The molecular weight excluding hydrogens is 444 g/mol. The van der Waals surface area contributed by atoms with Crippen LogP contribution in [0.15, 0.2) is 33.9 Å². The number of benzene rings is 1. The molecule has 0 bridgehead atoms. The van der Waals surface area contributed by atoms with E-state index in [2.05, 4.69) is 4.90 Å². The summed E-state index contributed by atoms with van der Waals surface area (Å²) in [7, 11) is 3.10. The van der Waals surface area contributed by atoms with Crippen LogP contribution in [0.25, 0.3) is 11.2 Å². The molecule has 0 aliphatic carbocycles. The van der Waals surface area contributed by atoms with Gasteiger partial charge in [0.1, 0.15) is 5.82 Å². The van der Waals surface area contributed by atoms with E-state index in [-0.39, 0.29) is 17.4 Å². The SMILES string of the molecule is CC(C)C(=O)N1CCN(Cc2nc3c(c(=O)n(C)c(=O)n3C)n2Cc2ccccc2Cl)CC1. The zero-order chi connectivity index (χ0) is 23.9. The number of aryl methyl sites for hydroxylation is 1. The number of fused-ring (bicyclic) bond motifs is 1. The standard InChI is InChI=1S/C23H29ClN6O3/c1-15(2)21(31)29-11-9-28(10-12-29)14-18-25-20-19(22(32)27(4)23(33)26(20)3)30(18)13-16-7-5-6-8-17(16)24/h5-8,15H,9-14H2,1-4H3. The van der Waals surface area contributed by atoms with Crippen molar-refractivity contribution in [2.24, 2.45) is 20.0 Å². The number of carbonyl (C=O) groups excluding carboxylic acids is 1. The summed E-state index contributed by atoms with van der Waals surface area (Å²) in [6, 6.07) is 7.49. The van der Waals surface area contributed by atoms with Crippen molar-refractivity contribution in [3.63, 3.8) is 0 Å². The van der Waals surface area contributed by atoms with Crippen molar-refractivity contribution in [3.05, 3.63) is 61.5 Å². The number of aromatic nitrogens is 4. The van der Waals surface area contributed by atoms with Gasteiger partial charge >= 0.3 is 5.69 Å². The van der Waals surface area contributed by atoms with Crippen LogP contribution in [-0.4, -0.2) is 60.6 Å². The number of amides is 1. The van der Waals surface area contributed by atoms with Gasteiger partial charge in [0.2, 0.25) is 5.91 Å². The molecule has 1 amide bonds. The Bertz CT molecular complexity index is 1310. The first-order valence-corrected chi connectivity index (χ1v) is 11.5. The second-order valence-electron chi connectivity index (χ2n) is 8.84. The van der Waals surface area contributed by atoms with E-state index in [1.54, 1.807) is 7.05 Å². The van der Waals surface area contributed by atoms with Crippen molar-refractivity contribution >= 4 is 28.7 Å². The summed E-state index contributed by atoms with van der Waals surface area (Å²) in [5.74, 6) is 0.833. The van der Waals surface area contributed by atoms with E-state index in [0.717, 1.165) is 10.1 Å². The number of piperazine rings is 1. The van der Waals surface area contributed by atoms with Crippen LogP contribution < -0.4 is 11.2 Å². The summed E-state index contributed by atoms with van der Waals surface area (Å²) < 4.78 is 4.37. The minimum atomic E-state index is -0.415. The van der Waals surface area contributed by atoms with Crippen LogP contribution in [0.3, 0.4) is 0 Å². The van der Waals surface area contributed by atoms with Gasteiger partial charge in [0.05, 0.1) is 13.1 Å². The first-order valence-electron chi connectivity index (χ1n) is 11.1. The molecule has 0 N–H and O–H groups in total. The summed E-state index contributed by atoms with van der Waals surface area (Å²) in [4.78, 5) is 46.7. The van der Waals surface area contributed by atoms with E-state index in [0.29, 0.717) is 61.3 Å². The molecule has 0 spiro atoms. The molecule has 3 heterocycles. The molecule has 1 saturated heterocycles. The summed E-state index contributed by atoms with van der Waals surface area (Å²) in [5.41, 5.74) is 0.804. The Morgan fingerprint density at radius 3 is 2.33 bits per heavy atom. The van der Waals surface area contributed by atoms with Gasteiger partial charge < -0.3 is 9.47 Å². The van der Waals surface area contributed by atoms with Gasteiger partial charge in [0.15, 0.2) is 11.2 Å². The highest BCUT2D eigenvalue weighted by atomic mass is 35.5. The van der Waals surface area contributed by atoms with E-state index in [1.165, 1.54) is 11.6 Å². The van der Waals surface area contributed by atoms with Crippen LogP contribution in [0.1, 0.15) is 25.2 Å². The number of nitrogens with zero attached hydrogens (tertiary/aromatic N) is 6. The molecule has 0 radical (unpaired) electrons. The molecule has 2 aromatic heterocycles. The molecule has 4 rings (SSSR count). The van der Waals surface area contributed by atoms with Crippen LogP contribution in [0.5, 0.6) is 0 Å². The third-order valence-electron chi connectivity index (χ3n) is 6.26. The molecular formula is C23H29ClN6O3. The highest BCUT2D eigenvalue weighted by Crippen LogP contribution is 2.21. The average molecular weight is 473 g/mol. The smallest absolute Gasteiger partial charge is 0.332 e. The van der Waals surface area contributed by atoms with Crippen molar-refractivity contribution in [3.8, 4) is 0 Å². The Kier molecular flexibility index (Phi) is 6.45. The minimum Gasteiger partial charge on any atom is -0.340 e. The van der Waals surface area contributed by atoms with Crippen LogP contribution in [0, 0.1) is 5.92 Å². The topological polar surface area (TPSA) is 85.4 Å². The lowest BCUT2D eigenvalue weighted by atomic mass is 10.1. The van der Waals surface area contributed by atoms with Crippen molar-refractivity contribution < 1.29 is 4.79 Å². The number of carbonyl (C=O) groups is 1. The van der Waals surface area contributed by atoms with Gasteiger partial charge in [0, 0.05) is 51.2 Å². The van der Waals surface area contributed by atoms with Crippen LogP contribution in [0.2, 0.25) is 5.02 Å². The first kappa shape index (κ1) is 23.3. The van der Waals surface area contributed by atoms with Gasteiger partial charge in [-0.15, -0.1) is 0 Å². The maximum Gasteiger partial charge on any atom is 0.332 e. The van der Waals surface area contributed by atoms with E-state index < -0.39 is 5.69 Å². The lowest BCUT2D eigenvalue weighted by molar-refractivity contribution is -0.136. The van der Waals surface area contributed by atoms with E-state index in [4.69, 9.17) is 16.6 Å². The minimum absolute atomic E-state index is 0.0196. The maximum absolute atomic E-state index is 13.1. The van der Waals surface area contributed by atoms with E-state index in [9.17, 15) is 14.4 Å². The lowest BCUT2D eigenvalue weighted by Crippen LogP contribution is -2.49. The van der Waals surface area contributed by atoms with E-state index in [1.807, 2.05) is 47.6 Å². The highest BCUT2D eigenvalue weighted by Gasteiger charge is 2.26. The molecule has 1 fully saturated rings. The summed E-state index contributed by atoms with van der Waals surface area (Å²) in [6.45, 7) is 7.43. The monoisotopic (exact) mass is 472 g/mol. The van der Waals surface area contributed by atoms with Crippen LogP contribution >= 0.6 is 11.6 Å². The first-order chi connectivity index (χ1) is 15.7. The Balaban J connectivity index is 1.72. The molecule has 0 unspecified atom stereocenters. The Morgan fingerprint density at radius 2 is 1.70 bits per heavy atom. The maximum atomic E-state index is 13.1. The molecule has 0 atom stereocenters. The lowest BCUT2D eigenvalue weighted by Gasteiger charge is -2.35. The largest absolute Gasteiger partial charge is 0.340 e. The number of hydrogen-bond donors (Lipinski definition) is 0. The highest BCUT2D eigenvalue weighted by molar-refractivity contribution is 6.31. The molecule has 176 valence electrons. The van der Waals surface area contributed by atoms with Crippen molar-refractivity contribution in [1.29, 1.82) is 0 Å². The number of hydrogen-bond acceptors (Lipinski definition) is 5. The predicted octanol–water partition coefficient (Wildman–Crippen LogP) is 1.44. The number of imidazole rings is 1. The second kappa shape index (κ2) is 9.15. The van der Waals surface area contributed by atoms with Crippen molar-refractivity contribution in [2.45, 2.75) is 26.9 Å². The van der Waals surface area contributed by atoms with Gasteiger partial charge in [-0.25, -0.2) is 9.78 Å². The molecule has 1 aliphatic heterocycles. The summed E-state index contributed by atoms with van der Waals surface area (Å²) >= 11 is 6.42. The predicted molar refractivity (Wildman–Crippen MR) is 127 cm³/mol. The fourth-order valence-electron chi connectivity index (χ4n) is 4.27. The van der Waals surface area contributed by atoms with Gasteiger partial charge in [-0.1, -0.05) is 43.6 Å². The quantitative estimate of drug-likeness (QED) is 0.561. The van der Waals surface area contributed by atoms with Crippen LogP contribution in [0.4, 0.5) is 0 Å². The molecule has 33 heavy (non-hydrogen) atoms. The second-order valence-corrected chi connectivity index (χ2v) is 9.25. The molecule has 1 aromatic carbocycles. The molecule has 10 heteroatoms. The number of halogens is 1. The van der Waals surface area contributed by atoms with Crippen molar-refractivity contribution in [1.82, 2.24) is 28.5 Å². The fourth-order valence-corrected chi connectivity index (χ4v) is 4.47. The normalized spacial score (nSPS) is 15.0. The number of rotatable bonds is 5. The Labute approximate surface area is 196 Å². The van der Waals surface area contributed by atoms with Crippen molar-refractivity contribution in [2.75, 3.05) is 26.2 Å². The van der Waals surface area contributed by atoms with Crippen LogP contribution in [-0.2, 0) is 32.0 Å². The van der Waals surface area contributed by atoms with Gasteiger partial charge in [-0.05, 0) is 11.6 Å². The van der Waals surface area contributed by atoms with Gasteiger partial charge in [-0.2, -0.15) is 0 Å². The van der Waals surface area contributed by atoms with Gasteiger partial charge in [-0.3, -0.25) is 23.6 Å². The molecule has 9 nitrogen and oxygen atoms in total. The average Bonchev–Trinajstić information content (AvgIpc) is 3.15. The zero-order valence-electron chi connectivity index (χ0n) is 19.4.